The zero-order chi connectivity index (χ0) is 18.8. The Balaban J connectivity index is 1.46. The first-order valence-electron chi connectivity index (χ1n) is 9.26. The summed E-state index contributed by atoms with van der Waals surface area (Å²) in [5, 5.41) is 3.68. The topological polar surface area (TPSA) is 94.5 Å². The number of nitrogens with one attached hydrogen (secondary N) is 2. The average molecular weight is 369 g/mol. The van der Waals surface area contributed by atoms with Crippen LogP contribution in [0.1, 0.15) is 12.7 Å². The van der Waals surface area contributed by atoms with Crippen LogP contribution in [0.3, 0.4) is 0 Å². The lowest BCUT2D eigenvalue weighted by Crippen LogP contribution is -2.49. The highest BCUT2D eigenvalue weighted by Crippen LogP contribution is 2.24. The molecule has 0 bridgehead atoms. The van der Waals surface area contributed by atoms with Crippen molar-refractivity contribution in [1.82, 2.24) is 25.1 Å². The summed E-state index contributed by atoms with van der Waals surface area (Å²) in [5.41, 5.74) is 1.30. The Morgan fingerprint density at radius 1 is 1.22 bits per heavy atom. The first-order chi connectivity index (χ1) is 13.1. The van der Waals surface area contributed by atoms with Crippen molar-refractivity contribution in [3.8, 4) is 0 Å². The quantitative estimate of drug-likeness (QED) is 0.695. The van der Waals surface area contributed by atoms with Crippen LogP contribution in [0.5, 0.6) is 0 Å². The van der Waals surface area contributed by atoms with Crippen LogP contribution in [0.2, 0.25) is 0 Å². The van der Waals surface area contributed by atoms with E-state index in [1.165, 1.54) is 0 Å². The fourth-order valence-corrected chi connectivity index (χ4v) is 3.50. The second kappa shape index (κ2) is 7.50. The molecule has 4 rings (SSSR count). The van der Waals surface area contributed by atoms with E-state index >= 15 is 0 Å². The number of carbonyl (C=O) groups is 1. The van der Waals surface area contributed by atoms with E-state index in [1.807, 2.05) is 31.2 Å². The Morgan fingerprint density at radius 3 is 2.74 bits per heavy atom. The zero-order valence-electron chi connectivity index (χ0n) is 15.3. The molecule has 0 atom stereocenters. The van der Waals surface area contributed by atoms with E-state index in [-0.39, 0.29) is 17.0 Å². The predicted molar refractivity (Wildman–Crippen MR) is 103 cm³/mol. The number of H-pyrrole nitrogens is 1. The summed E-state index contributed by atoms with van der Waals surface area (Å²) < 4.78 is 5.63. The van der Waals surface area contributed by atoms with Crippen LogP contribution in [0.15, 0.2) is 33.5 Å². The summed E-state index contributed by atoms with van der Waals surface area (Å²) in [7, 11) is 0. The van der Waals surface area contributed by atoms with Crippen molar-refractivity contribution in [3.63, 3.8) is 0 Å². The Bertz CT molecular complexity index is 1020. The molecule has 8 nitrogen and oxygen atoms in total. The number of amides is 1. The van der Waals surface area contributed by atoms with Gasteiger partial charge in [-0.3, -0.25) is 19.4 Å². The molecule has 1 amide bonds. The smallest absolute Gasteiger partial charge is 0.294 e. The van der Waals surface area contributed by atoms with E-state index in [1.54, 1.807) is 0 Å². The molecule has 2 aromatic heterocycles. The molecule has 1 aromatic carbocycles. The summed E-state index contributed by atoms with van der Waals surface area (Å²) in [6, 6.07) is 7.54. The molecule has 3 heterocycles. The number of para-hydroxylation sites is 1. The maximum absolute atomic E-state index is 12.4. The summed E-state index contributed by atoms with van der Waals surface area (Å²) in [5.74, 6) is 0.700. The van der Waals surface area contributed by atoms with Crippen molar-refractivity contribution >= 4 is 28.0 Å². The van der Waals surface area contributed by atoms with Gasteiger partial charge in [0.2, 0.25) is 11.5 Å². The molecule has 1 aliphatic heterocycles. The van der Waals surface area contributed by atoms with Crippen molar-refractivity contribution in [2.24, 2.45) is 0 Å². The number of nitrogens with zero attached hydrogens (tertiary/aromatic N) is 3. The van der Waals surface area contributed by atoms with Gasteiger partial charge in [0.05, 0.1) is 13.1 Å². The normalized spacial score (nSPS) is 16.2. The number of aromatic nitrogens is 2. The van der Waals surface area contributed by atoms with Gasteiger partial charge in [0.1, 0.15) is 16.9 Å². The van der Waals surface area contributed by atoms with Gasteiger partial charge in [-0.05, 0) is 19.1 Å². The van der Waals surface area contributed by atoms with E-state index in [0.29, 0.717) is 36.6 Å². The first kappa shape index (κ1) is 17.7. The molecule has 0 unspecified atom stereocenters. The number of furan rings is 1. The van der Waals surface area contributed by atoms with E-state index < -0.39 is 0 Å². The highest BCUT2D eigenvalue weighted by molar-refractivity contribution is 6.01. The molecule has 27 heavy (non-hydrogen) atoms. The van der Waals surface area contributed by atoms with Gasteiger partial charge in [0.25, 0.3) is 5.56 Å². The number of fused-ring (bicyclic) bond motifs is 3. The number of aromatic amines is 1. The molecular weight excluding hydrogens is 346 g/mol. The van der Waals surface area contributed by atoms with Crippen molar-refractivity contribution in [2.75, 3.05) is 39.3 Å². The standard InChI is InChI=1S/C19H23N5O3/c1-2-20-16(25)12-24-9-7-23(8-10-24)11-15-21-17-13-5-3-4-6-14(13)27-18(17)19(26)22-15/h3-6H,2,7-12H2,1H3,(H,20,25)(H,21,22,26). The fourth-order valence-electron chi connectivity index (χ4n) is 3.50. The summed E-state index contributed by atoms with van der Waals surface area (Å²) in [6.07, 6.45) is 0. The molecule has 1 aliphatic rings. The van der Waals surface area contributed by atoms with E-state index in [0.717, 1.165) is 31.6 Å². The number of benzene rings is 1. The minimum absolute atomic E-state index is 0.0641. The highest BCUT2D eigenvalue weighted by Gasteiger charge is 2.20. The van der Waals surface area contributed by atoms with E-state index in [2.05, 4.69) is 25.1 Å². The lowest BCUT2D eigenvalue weighted by Gasteiger charge is -2.33. The fraction of sp³-hybridized carbons (Fsp3) is 0.421. The van der Waals surface area contributed by atoms with Crippen LogP contribution >= 0.6 is 0 Å². The minimum atomic E-state index is -0.249. The van der Waals surface area contributed by atoms with E-state index in [9.17, 15) is 9.59 Å². The van der Waals surface area contributed by atoms with Crippen molar-refractivity contribution in [1.29, 1.82) is 0 Å². The third kappa shape index (κ3) is 3.72. The van der Waals surface area contributed by atoms with Crippen LogP contribution in [-0.4, -0.2) is 64.9 Å². The second-order valence-corrected chi connectivity index (χ2v) is 6.79. The molecule has 3 aromatic rings. The third-order valence-electron chi connectivity index (χ3n) is 4.86. The summed E-state index contributed by atoms with van der Waals surface area (Å²) >= 11 is 0. The molecule has 142 valence electrons. The number of rotatable bonds is 5. The Labute approximate surface area is 156 Å². The minimum Gasteiger partial charge on any atom is -0.449 e. The number of piperazine rings is 1. The third-order valence-corrected chi connectivity index (χ3v) is 4.86. The second-order valence-electron chi connectivity index (χ2n) is 6.79. The van der Waals surface area contributed by atoms with Gasteiger partial charge in [0.15, 0.2) is 0 Å². The number of carbonyl (C=O) groups excluding carboxylic acids is 1. The molecule has 1 fully saturated rings. The highest BCUT2D eigenvalue weighted by atomic mass is 16.3. The van der Waals surface area contributed by atoms with Gasteiger partial charge >= 0.3 is 0 Å². The van der Waals surface area contributed by atoms with Gasteiger partial charge in [0, 0.05) is 38.1 Å². The van der Waals surface area contributed by atoms with Crippen LogP contribution in [0.25, 0.3) is 22.1 Å². The van der Waals surface area contributed by atoms with Crippen molar-refractivity contribution < 1.29 is 9.21 Å². The Morgan fingerprint density at radius 2 is 1.96 bits per heavy atom. The molecule has 0 saturated carbocycles. The predicted octanol–water partition coefficient (Wildman–Crippen LogP) is 0.923. The maximum atomic E-state index is 12.4. The number of hydrogen-bond acceptors (Lipinski definition) is 6. The molecule has 0 aliphatic carbocycles. The van der Waals surface area contributed by atoms with Gasteiger partial charge in [-0.1, -0.05) is 12.1 Å². The average Bonchev–Trinajstić information content (AvgIpc) is 3.03. The largest absolute Gasteiger partial charge is 0.449 e. The molecule has 1 saturated heterocycles. The number of likely N-dealkylation sites (N-methyl/N-ethyl adjacent to an activating group) is 1. The van der Waals surface area contributed by atoms with Gasteiger partial charge in [-0.15, -0.1) is 0 Å². The van der Waals surface area contributed by atoms with Gasteiger partial charge in [-0.25, -0.2) is 4.98 Å². The van der Waals surface area contributed by atoms with Crippen LogP contribution in [-0.2, 0) is 11.3 Å². The Hall–Kier alpha value is -2.71. The number of hydrogen-bond donors (Lipinski definition) is 2. The van der Waals surface area contributed by atoms with Crippen LogP contribution in [0, 0.1) is 0 Å². The van der Waals surface area contributed by atoms with Crippen LogP contribution in [0.4, 0.5) is 0 Å². The lowest BCUT2D eigenvalue weighted by atomic mass is 10.2. The molecule has 0 radical (unpaired) electrons. The summed E-state index contributed by atoms with van der Waals surface area (Å²) in [6.45, 7) is 6.87. The van der Waals surface area contributed by atoms with Crippen molar-refractivity contribution in [3.05, 3.63) is 40.4 Å². The van der Waals surface area contributed by atoms with E-state index in [4.69, 9.17) is 4.42 Å². The zero-order valence-corrected chi connectivity index (χ0v) is 15.3. The van der Waals surface area contributed by atoms with Gasteiger partial charge in [-0.2, -0.15) is 0 Å². The Kier molecular flexibility index (Phi) is 4.91. The SMILES string of the molecule is CCNC(=O)CN1CCN(Cc2nc3c(oc4ccccc43)c(=O)[nH]2)CC1. The molecule has 8 heteroatoms. The van der Waals surface area contributed by atoms with Gasteiger partial charge < -0.3 is 14.7 Å². The van der Waals surface area contributed by atoms with Crippen molar-refractivity contribution in [2.45, 2.75) is 13.5 Å². The first-order valence-corrected chi connectivity index (χ1v) is 9.26. The lowest BCUT2D eigenvalue weighted by molar-refractivity contribution is -0.122. The molecule has 2 N–H and O–H groups in total. The molecule has 0 spiro atoms. The summed E-state index contributed by atoms with van der Waals surface area (Å²) in [4.78, 5) is 35.9. The maximum Gasteiger partial charge on any atom is 0.294 e. The van der Waals surface area contributed by atoms with Crippen LogP contribution < -0.4 is 10.9 Å². The monoisotopic (exact) mass is 369 g/mol. The molecular formula is C19H23N5O3.